The third-order valence-corrected chi connectivity index (χ3v) is 6.95. The fraction of sp³-hybridized carbons (Fsp3) is 0.500. The minimum absolute atomic E-state index is 0.0682. The summed E-state index contributed by atoms with van der Waals surface area (Å²) >= 11 is 0. The Bertz CT molecular complexity index is 969. The Hall–Kier alpha value is -2.86. The van der Waals surface area contributed by atoms with E-state index in [2.05, 4.69) is 65.7 Å². The standard InChI is InChI=1S/C28H38N4O2/c1-21(2)29-28(34)32-19-25(24-11-7-8-22(3)16-24)17-26(20-32)27(33)31-14-12-30(13-15-31)18-23-9-5-4-6-10-23/h4-11,16,21,25-26H,12-15,17-20H2,1-3H3,(H,29,34)/t25-,26+/m0/s1. The number of urea groups is 1. The molecule has 0 unspecified atom stereocenters. The second kappa shape index (κ2) is 11.0. The Labute approximate surface area is 203 Å². The van der Waals surface area contributed by atoms with Crippen molar-refractivity contribution in [2.45, 2.75) is 45.7 Å². The van der Waals surface area contributed by atoms with E-state index in [9.17, 15) is 9.59 Å². The highest BCUT2D eigenvalue weighted by Crippen LogP contribution is 2.32. The zero-order valence-electron chi connectivity index (χ0n) is 20.7. The molecule has 4 rings (SSSR count). The summed E-state index contributed by atoms with van der Waals surface area (Å²) in [7, 11) is 0. The Balaban J connectivity index is 1.42. The lowest BCUT2D eigenvalue weighted by Crippen LogP contribution is -2.55. The van der Waals surface area contributed by atoms with Crippen LogP contribution in [-0.4, -0.2) is 71.9 Å². The Morgan fingerprint density at radius 1 is 0.941 bits per heavy atom. The highest BCUT2D eigenvalue weighted by molar-refractivity contribution is 5.81. The monoisotopic (exact) mass is 462 g/mol. The molecule has 2 heterocycles. The third kappa shape index (κ3) is 6.17. The van der Waals surface area contributed by atoms with Gasteiger partial charge < -0.3 is 15.1 Å². The predicted octanol–water partition coefficient (Wildman–Crippen LogP) is 3.86. The largest absolute Gasteiger partial charge is 0.340 e. The predicted molar refractivity (Wildman–Crippen MR) is 136 cm³/mol. The molecule has 3 amide bonds. The molecule has 2 atom stereocenters. The zero-order valence-corrected chi connectivity index (χ0v) is 20.7. The van der Waals surface area contributed by atoms with Crippen molar-refractivity contribution >= 4 is 11.9 Å². The second-order valence-corrected chi connectivity index (χ2v) is 10.1. The smallest absolute Gasteiger partial charge is 0.317 e. The molecular weight excluding hydrogens is 424 g/mol. The van der Waals surface area contributed by atoms with Crippen molar-refractivity contribution in [1.82, 2.24) is 20.0 Å². The van der Waals surface area contributed by atoms with Crippen molar-refractivity contribution in [3.8, 4) is 0 Å². The van der Waals surface area contributed by atoms with Gasteiger partial charge in [-0.2, -0.15) is 0 Å². The SMILES string of the molecule is Cc1cccc([C@H]2C[C@@H](C(=O)N3CCN(Cc4ccccc4)CC3)CN(C(=O)NC(C)C)C2)c1. The van der Waals surface area contributed by atoms with E-state index in [1.54, 1.807) is 0 Å². The first-order chi connectivity index (χ1) is 16.4. The summed E-state index contributed by atoms with van der Waals surface area (Å²) in [6.07, 6.45) is 0.790. The molecule has 1 N–H and O–H groups in total. The number of aryl methyl sites for hydroxylation is 1. The van der Waals surface area contributed by atoms with Crippen LogP contribution in [0.5, 0.6) is 0 Å². The molecule has 2 aromatic rings. The average Bonchev–Trinajstić information content (AvgIpc) is 2.84. The molecule has 2 aromatic carbocycles. The minimum atomic E-state index is -0.169. The average molecular weight is 463 g/mol. The van der Waals surface area contributed by atoms with Crippen LogP contribution in [0.25, 0.3) is 0 Å². The van der Waals surface area contributed by atoms with Crippen molar-refractivity contribution in [2.75, 3.05) is 39.3 Å². The van der Waals surface area contributed by atoms with Crippen molar-refractivity contribution in [2.24, 2.45) is 5.92 Å². The first kappa shape index (κ1) is 24.3. The number of hydrogen-bond donors (Lipinski definition) is 1. The number of hydrogen-bond acceptors (Lipinski definition) is 3. The second-order valence-electron chi connectivity index (χ2n) is 10.1. The summed E-state index contributed by atoms with van der Waals surface area (Å²) in [6, 6.07) is 19.0. The van der Waals surface area contributed by atoms with Crippen LogP contribution in [0.2, 0.25) is 0 Å². The van der Waals surface area contributed by atoms with Gasteiger partial charge in [0, 0.05) is 57.8 Å². The van der Waals surface area contributed by atoms with Crippen LogP contribution in [0, 0.1) is 12.8 Å². The molecule has 34 heavy (non-hydrogen) atoms. The van der Waals surface area contributed by atoms with E-state index in [4.69, 9.17) is 0 Å². The van der Waals surface area contributed by atoms with Gasteiger partial charge in [-0.15, -0.1) is 0 Å². The normalized spacial score (nSPS) is 21.5. The fourth-order valence-corrected chi connectivity index (χ4v) is 5.17. The highest BCUT2D eigenvalue weighted by atomic mass is 16.2. The summed E-state index contributed by atoms with van der Waals surface area (Å²) in [5.74, 6) is 0.191. The van der Waals surface area contributed by atoms with Crippen molar-refractivity contribution < 1.29 is 9.59 Å². The Kier molecular flexibility index (Phi) is 7.88. The molecule has 0 aliphatic carbocycles. The summed E-state index contributed by atoms with van der Waals surface area (Å²) in [5, 5.41) is 3.02. The number of piperidine rings is 1. The van der Waals surface area contributed by atoms with Crippen LogP contribution in [0.15, 0.2) is 54.6 Å². The van der Waals surface area contributed by atoms with Gasteiger partial charge in [-0.05, 0) is 38.3 Å². The third-order valence-electron chi connectivity index (χ3n) is 6.95. The van der Waals surface area contributed by atoms with Crippen LogP contribution in [0.1, 0.15) is 42.9 Å². The molecule has 2 saturated heterocycles. The van der Waals surface area contributed by atoms with Gasteiger partial charge in [0.15, 0.2) is 0 Å². The van der Waals surface area contributed by atoms with E-state index in [0.29, 0.717) is 13.1 Å². The van der Waals surface area contributed by atoms with E-state index in [1.807, 2.05) is 29.7 Å². The number of nitrogens with one attached hydrogen (secondary N) is 1. The molecule has 0 spiro atoms. The molecule has 6 heteroatoms. The first-order valence-corrected chi connectivity index (χ1v) is 12.6. The lowest BCUT2D eigenvalue weighted by Gasteiger charge is -2.41. The van der Waals surface area contributed by atoms with Gasteiger partial charge in [0.05, 0.1) is 5.92 Å². The lowest BCUT2D eigenvalue weighted by molar-refractivity contribution is -0.139. The fourth-order valence-electron chi connectivity index (χ4n) is 5.17. The number of carbonyl (C=O) groups excluding carboxylic acids is 2. The van der Waals surface area contributed by atoms with E-state index >= 15 is 0 Å². The van der Waals surface area contributed by atoms with Gasteiger partial charge in [-0.1, -0.05) is 60.2 Å². The molecule has 2 aliphatic rings. The number of likely N-dealkylation sites (tertiary alicyclic amines) is 1. The highest BCUT2D eigenvalue weighted by Gasteiger charge is 2.37. The van der Waals surface area contributed by atoms with Crippen LogP contribution >= 0.6 is 0 Å². The number of nitrogens with zero attached hydrogens (tertiary/aromatic N) is 3. The number of piperazine rings is 1. The number of carbonyl (C=O) groups is 2. The maximum absolute atomic E-state index is 13.6. The van der Waals surface area contributed by atoms with Gasteiger partial charge in [0.1, 0.15) is 0 Å². The van der Waals surface area contributed by atoms with Crippen molar-refractivity contribution in [1.29, 1.82) is 0 Å². The molecule has 2 fully saturated rings. The summed E-state index contributed by atoms with van der Waals surface area (Å²) in [6.45, 7) is 11.3. The topological polar surface area (TPSA) is 55.9 Å². The molecular formula is C28H38N4O2. The van der Waals surface area contributed by atoms with Gasteiger partial charge in [0.2, 0.25) is 5.91 Å². The van der Waals surface area contributed by atoms with Crippen LogP contribution in [0.3, 0.4) is 0 Å². The van der Waals surface area contributed by atoms with E-state index in [-0.39, 0.29) is 29.8 Å². The molecule has 6 nitrogen and oxygen atoms in total. The number of benzene rings is 2. The van der Waals surface area contributed by atoms with Crippen LogP contribution in [-0.2, 0) is 11.3 Å². The zero-order chi connectivity index (χ0) is 24.1. The summed E-state index contributed by atoms with van der Waals surface area (Å²) in [5.41, 5.74) is 3.73. The van der Waals surface area contributed by atoms with Gasteiger partial charge >= 0.3 is 6.03 Å². The quantitative estimate of drug-likeness (QED) is 0.734. The first-order valence-electron chi connectivity index (χ1n) is 12.6. The summed E-state index contributed by atoms with van der Waals surface area (Å²) in [4.78, 5) is 32.8. The molecule has 2 aliphatic heterocycles. The van der Waals surface area contributed by atoms with E-state index in [0.717, 1.165) is 39.1 Å². The molecule has 0 aromatic heterocycles. The summed E-state index contributed by atoms with van der Waals surface area (Å²) < 4.78 is 0. The van der Waals surface area contributed by atoms with Crippen molar-refractivity contribution in [3.63, 3.8) is 0 Å². The van der Waals surface area contributed by atoms with Crippen LogP contribution < -0.4 is 5.32 Å². The molecule has 0 saturated carbocycles. The number of amides is 3. The Morgan fingerprint density at radius 2 is 1.68 bits per heavy atom. The maximum Gasteiger partial charge on any atom is 0.317 e. The van der Waals surface area contributed by atoms with Gasteiger partial charge in [-0.25, -0.2) is 4.79 Å². The Morgan fingerprint density at radius 3 is 2.35 bits per heavy atom. The van der Waals surface area contributed by atoms with Crippen LogP contribution in [0.4, 0.5) is 4.79 Å². The van der Waals surface area contributed by atoms with Crippen molar-refractivity contribution in [3.05, 3.63) is 71.3 Å². The minimum Gasteiger partial charge on any atom is -0.340 e. The van der Waals surface area contributed by atoms with Gasteiger partial charge in [0.25, 0.3) is 0 Å². The lowest BCUT2D eigenvalue weighted by atomic mass is 9.83. The molecule has 0 radical (unpaired) electrons. The van der Waals surface area contributed by atoms with Gasteiger partial charge in [-0.3, -0.25) is 9.69 Å². The molecule has 0 bridgehead atoms. The van der Waals surface area contributed by atoms with E-state index < -0.39 is 0 Å². The van der Waals surface area contributed by atoms with E-state index in [1.165, 1.54) is 16.7 Å². The molecule has 182 valence electrons. The number of rotatable bonds is 5. The maximum atomic E-state index is 13.6.